The molecule has 4 atom stereocenters. The monoisotopic (exact) mass is 568 g/mol. The molecule has 4 amide bonds. The van der Waals surface area contributed by atoms with E-state index in [1.165, 1.54) is 0 Å². The van der Waals surface area contributed by atoms with Gasteiger partial charge in [0.05, 0.1) is 12.5 Å². The lowest BCUT2D eigenvalue weighted by Gasteiger charge is -2.24. The van der Waals surface area contributed by atoms with Crippen LogP contribution in [0.25, 0.3) is 10.9 Å². The average molecular weight is 569 g/mol. The number of carbonyl (C=O) groups excluding carboxylic acids is 4. The molecule has 12 nitrogen and oxygen atoms in total. The van der Waals surface area contributed by atoms with Crippen LogP contribution < -0.4 is 27.4 Å². The number of hydrogen-bond donors (Lipinski definition) is 8. The zero-order valence-electron chi connectivity index (χ0n) is 21.5. The minimum atomic E-state index is -1.28. The molecule has 0 aliphatic carbocycles. The summed E-state index contributed by atoms with van der Waals surface area (Å²) in [5, 5.41) is 18.2. The van der Waals surface area contributed by atoms with Gasteiger partial charge >= 0.3 is 5.97 Å². The minimum absolute atomic E-state index is 0.00413. The van der Waals surface area contributed by atoms with Gasteiger partial charge < -0.3 is 37.5 Å². The quantitative estimate of drug-likeness (QED) is 0.121. The van der Waals surface area contributed by atoms with Gasteiger partial charge in [-0.15, -0.1) is 0 Å². The number of carbonyl (C=O) groups is 5. The van der Waals surface area contributed by atoms with Gasteiger partial charge in [-0.25, -0.2) is 4.79 Å². The van der Waals surface area contributed by atoms with Gasteiger partial charge in [-0.05, 0) is 17.2 Å². The molecule has 2 aromatic carbocycles. The number of nitrogens with two attached hydrogens (primary N) is 2. The predicted octanol–water partition coefficient (Wildman–Crippen LogP) is -0.375. The second-order valence-corrected chi connectivity index (χ2v) is 9.60. The zero-order chi connectivity index (χ0) is 29.2. The highest BCUT2D eigenvalue weighted by Gasteiger charge is 2.30. The van der Waals surface area contributed by atoms with Gasteiger partial charge in [0.1, 0.15) is 18.1 Å². The van der Waals surface area contributed by atoms with E-state index in [2.05, 4.69) is 33.6 Å². The van der Waals surface area contributed by atoms with Crippen LogP contribution in [-0.2, 0) is 36.8 Å². The van der Waals surface area contributed by atoms with Gasteiger partial charge in [0.2, 0.25) is 23.6 Å². The van der Waals surface area contributed by atoms with E-state index in [4.69, 9.17) is 11.5 Å². The second kappa shape index (κ2) is 14.1. The summed E-state index contributed by atoms with van der Waals surface area (Å²) in [5.74, 6) is -4.42. The first-order valence-corrected chi connectivity index (χ1v) is 13.1. The van der Waals surface area contributed by atoms with Gasteiger partial charge in [0.25, 0.3) is 0 Å². The molecule has 0 saturated carbocycles. The molecule has 0 spiro atoms. The van der Waals surface area contributed by atoms with E-state index in [-0.39, 0.29) is 18.6 Å². The number of benzene rings is 2. The molecule has 0 aliphatic heterocycles. The maximum atomic E-state index is 13.4. The molecule has 0 fully saturated rings. The molecule has 4 unspecified atom stereocenters. The largest absolute Gasteiger partial charge is 0.480 e. The molecule has 40 heavy (non-hydrogen) atoms. The Balaban J connectivity index is 1.77. The first kappa shape index (κ1) is 30.2. The average Bonchev–Trinajstić information content (AvgIpc) is 3.33. The topological polar surface area (TPSA) is 209 Å². The number of nitrogens with one attached hydrogen (secondary N) is 4. The summed E-state index contributed by atoms with van der Waals surface area (Å²) in [6, 6.07) is 11.3. The van der Waals surface area contributed by atoms with E-state index in [9.17, 15) is 29.1 Å². The smallest absolute Gasteiger partial charge is 0.326 e. The number of aliphatic carboxylic acids is 1. The number of fused-ring (bicyclic) bond motifs is 1. The fourth-order valence-corrected chi connectivity index (χ4v) is 4.36. The number of rotatable bonds is 14. The molecule has 0 saturated heterocycles. The summed E-state index contributed by atoms with van der Waals surface area (Å²) < 4.78 is 0. The molecule has 0 radical (unpaired) electrons. The summed E-state index contributed by atoms with van der Waals surface area (Å²) in [4.78, 5) is 65.0. The lowest BCUT2D eigenvalue weighted by Crippen LogP contribution is -2.58. The van der Waals surface area contributed by atoms with Crippen LogP contribution in [0.1, 0.15) is 17.5 Å². The van der Waals surface area contributed by atoms with Crippen LogP contribution >= 0.6 is 12.6 Å². The Morgan fingerprint density at radius 3 is 2.08 bits per heavy atom. The number of H-pyrrole nitrogens is 1. The Labute approximate surface area is 235 Å². The number of carboxylic acid groups (broad SMARTS) is 1. The number of aromatic amines is 1. The fourth-order valence-electron chi connectivity index (χ4n) is 4.11. The third-order valence-electron chi connectivity index (χ3n) is 6.20. The standard InChI is InChI=1S/C27H32N6O6S/c28-18(12-23(29)34)24(35)33-22(14-40)26(37)31-20(10-15-6-2-1-3-7-15)25(36)32-21(27(38)39)11-16-13-30-19-9-5-4-8-17(16)19/h1-9,13,18,20-22,30,40H,10-12,14,28H2,(H2,29,34)(H,31,37)(H,32,36)(H,33,35)(H,38,39). The van der Waals surface area contributed by atoms with Crippen LogP contribution in [0, 0.1) is 0 Å². The number of amides is 4. The van der Waals surface area contributed by atoms with Crippen molar-refractivity contribution in [1.82, 2.24) is 20.9 Å². The summed E-state index contributed by atoms with van der Waals surface area (Å²) in [6.45, 7) is 0. The number of para-hydroxylation sites is 1. The van der Waals surface area contributed by atoms with Gasteiger partial charge in [0.15, 0.2) is 0 Å². The number of aromatic nitrogens is 1. The van der Waals surface area contributed by atoms with Gasteiger partial charge in [-0.1, -0.05) is 48.5 Å². The Kier molecular flexibility index (Phi) is 10.7. The van der Waals surface area contributed by atoms with E-state index in [0.717, 1.165) is 10.9 Å². The third kappa shape index (κ3) is 8.32. The lowest BCUT2D eigenvalue weighted by molar-refractivity contribution is -0.142. The zero-order valence-corrected chi connectivity index (χ0v) is 22.4. The molecule has 1 heterocycles. The maximum Gasteiger partial charge on any atom is 0.326 e. The van der Waals surface area contributed by atoms with E-state index in [0.29, 0.717) is 11.1 Å². The highest BCUT2D eigenvalue weighted by atomic mass is 32.1. The molecule has 13 heteroatoms. The minimum Gasteiger partial charge on any atom is -0.480 e. The maximum absolute atomic E-state index is 13.4. The molecule has 3 rings (SSSR count). The number of hydrogen-bond acceptors (Lipinski definition) is 7. The molecular weight excluding hydrogens is 536 g/mol. The van der Waals surface area contributed by atoms with Gasteiger partial charge in [-0.3, -0.25) is 19.2 Å². The van der Waals surface area contributed by atoms with E-state index in [1.54, 1.807) is 36.5 Å². The first-order chi connectivity index (χ1) is 19.1. The predicted molar refractivity (Wildman–Crippen MR) is 151 cm³/mol. The van der Waals surface area contributed by atoms with Crippen LogP contribution in [0.4, 0.5) is 0 Å². The normalized spacial score (nSPS) is 13.9. The summed E-state index contributed by atoms with van der Waals surface area (Å²) in [5.41, 5.74) is 13.0. The van der Waals surface area contributed by atoms with Crippen LogP contribution in [0.5, 0.6) is 0 Å². The Hall–Kier alpha value is -4.36. The van der Waals surface area contributed by atoms with Crippen molar-refractivity contribution in [2.75, 3.05) is 5.75 Å². The second-order valence-electron chi connectivity index (χ2n) is 9.23. The first-order valence-electron chi connectivity index (χ1n) is 12.5. The molecule has 0 bridgehead atoms. The van der Waals surface area contributed by atoms with Crippen molar-refractivity contribution in [2.45, 2.75) is 43.4 Å². The third-order valence-corrected chi connectivity index (χ3v) is 6.57. The Morgan fingerprint density at radius 2 is 1.43 bits per heavy atom. The van der Waals surface area contributed by atoms with Crippen LogP contribution in [-0.4, -0.2) is 69.6 Å². The lowest BCUT2D eigenvalue weighted by atomic mass is 10.0. The van der Waals surface area contributed by atoms with Crippen molar-refractivity contribution in [3.8, 4) is 0 Å². The Bertz CT molecular complexity index is 1360. The highest BCUT2D eigenvalue weighted by molar-refractivity contribution is 7.80. The van der Waals surface area contributed by atoms with Gasteiger partial charge in [-0.2, -0.15) is 12.6 Å². The molecule has 212 valence electrons. The van der Waals surface area contributed by atoms with Crippen LogP contribution in [0.2, 0.25) is 0 Å². The van der Waals surface area contributed by atoms with Gasteiger partial charge in [0, 0.05) is 35.7 Å². The highest BCUT2D eigenvalue weighted by Crippen LogP contribution is 2.19. The molecule has 3 aromatic rings. The molecule has 9 N–H and O–H groups in total. The van der Waals surface area contributed by atoms with Crippen molar-refractivity contribution in [3.05, 3.63) is 71.9 Å². The Morgan fingerprint density at radius 1 is 0.825 bits per heavy atom. The SMILES string of the molecule is NC(=O)CC(N)C(=O)NC(CS)C(=O)NC(Cc1ccccc1)C(=O)NC(Cc1c[nH]c2ccccc12)C(=O)O. The number of primary amides is 1. The fraction of sp³-hybridized carbons (Fsp3) is 0.296. The van der Waals surface area contributed by atoms with Crippen LogP contribution in [0.15, 0.2) is 60.8 Å². The van der Waals surface area contributed by atoms with E-state index < -0.39 is 60.2 Å². The molecule has 1 aromatic heterocycles. The molecular formula is C27H32N6O6S. The van der Waals surface area contributed by atoms with Crippen molar-refractivity contribution in [1.29, 1.82) is 0 Å². The summed E-state index contributed by atoms with van der Waals surface area (Å²) in [7, 11) is 0. The summed E-state index contributed by atoms with van der Waals surface area (Å²) >= 11 is 4.11. The number of carboxylic acids is 1. The summed E-state index contributed by atoms with van der Waals surface area (Å²) in [6.07, 6.45) is 1.33. The van der Waals surface area contributed by atoms with Crippen molar-refractivity contribution < 1.29 is 29.1 Å². The van der Waals surface area contributed by atoms with Crippen molar-refractivity contribution >= 4 is 53.1 Å². The molecule has 0 aliphatic rings. The van der Waals surface area contributed by atoms with Crippen molar-refractivity contribution in [2.24, 2.45) is 11.5 Å². The van der Waals surface area contributed by atoms with E-state index >= 15 is 0 Å². The van der Waals surface area contributed by atoms with Crippen LogP contribution in [0.3, 0.4) is 0 Å². The number of thiol groups is 1. The van der Waals surface area contributed by atoms with Crippen molar-refractivity contribution in [3.63, 3.8) is 0 Å². The van der Waals surface area contributed by atoms with E-state index in [1.807, 2.05) is 24.3 Å².